The van der Waals surface area contributed by atoms with Gasteiger partial charge in [-0.25, -0.2) is 8.42 Å². The Morgan fingerprint density at radius 2 is 1.60 bits per heavy atom. The number of hydrogen-bond donors (Lipinski definition) is 0. The van der Waals surface area contributed by atoms with Crippen molar-refractivity contribution in [1.29, 1.82) is 0 Å². The Labute approximate surface area is 175 Å². The van der Waals surface area contributed by atoms with Crippen molar-refractivity contribution in [2.75, 3.05) is 0 Å². The van der Waals surface area contributed by atoms with Crippen molar-refractivity contribution < 1.29 is 13.2 Å². The minimum Gasteiger partial charge on any atom is -0.326 e. The van der Waals surface area contributed by atoms with Crippen LogP contribution in [-0.4, -0.2) is 23.8 Å². The van der Waals surface area contributed by atoms with Gasteiger partial charge in [-0.15, -0.1) is 0 Å². The van der Waals surface area contributed by atoms with E-state index in [1.165, 1.54) is 24.5 Å². The molecule has 1 atom stereocenters. The van der Waals surface area contributed by atoms with E-state index in [0.717, 1.165) is 10.9 Å². The second kappa shape index (κ2) is 7.88. The van der Waals surface area contributed by atoms with Gasteiger partial charge in [0.1, 0.15) is 5.37 Å². The number of hydrogen-bond acceptors (Lipinski definition) is 4. The van der Waals surface area contributed by atoms with Crippen LogP contribution in [-0.2, 0) is 9.84 Å². The van der Waals surface area contributed by atoms with Gasteiger partial charge in [-0.1, -0.05) is 55.5 Å². The highest BCUT2D eigenvalue weighted by atomic mass is 32.2. The van der Waals surface area contributed by atoms with E-state index in [4.69, 9.17) is 0 Å². The van der Waals surface area contributed by atoms with Crippen LogP contribution in [0, 0.1) is 6.92 Å². The molecule has 0 aliphatic rings. The molecule has 2 aromatic heterocycles. The Morgan fingerprint density at radius 1 is 0.967 bits per heavy atom. The minimum absolute atomic E-state index is 0.112. The van der Waals surface area contributed by atoms with Crippen LogP contribution in [0.15, 0.2) is 84.0 Å². The number of benzene rings is 2. The van der Waals surface area contributed by atoms with Crippen LogP contribution in [0.2, 0.25) is 0 Å². The SMILES string of the molecule is CCC(n1c(C)c(C(=O)c2ccccc2)c2ccccc21)S(=O)(=O)c1ccncc1. The van der Waals surface area contributed by atoms with Crippen molar-refractivity contribution in [1.82, 2.24) is 9.55 Å². The third-order valence-electron chi connectivity index (χ3n) is 5.39. The van der Waals surface area contributed by atoms with Crippen molar-refractivity contribution in [3.8, 4) is 0 Å². The quantitative estimate of drug-likeness (QED) is 0.415. The summed E-state index contributed by atoms with van der Waals surface area (Å²) in [6.45, 7) is 3.66. The smallest absolute Gasteiger partial charge is 0.199 e. The number of nitrogens with zero attached hydrogens (tertiary/aromatic N) is 2. The zero-order valence-electron chi connectivity index (χ0n) is 16.8. The molecule has 5 nitrogen and oxygen atoms in total. The van der Waals surface area contributed by atoms with Crippen LogP contribution in [0.25, 0.3) is 10.9 Å². The molecule has 0 fully saturated rings. The molecule has 0 aliphatic carbocycles. The molecule has 0 saturated heterocycles. The van der Waals surface area contributed by atoms with Crippen LogP contribution in [0.4, 0.5) is 0 Å². The lowest BCUT2D eigenvalue weighted by Crippen LogP contribution is -2.21. The summed E-state index contributed by atoms with van der Waals surface area (Å²) in [4.78, 5) is 17.5. The monoisotopic (exact) mass is 418 g/mol. The van der Waals surface area contributed by atoms with Crippen LogP contribution < -0.4 is 0 Å². The first-order chi connectivity index (χ1) is 14.5. The number of fused-ring (bicyclic) bond motifs is 1. The summed E-state index contributed by atoms with van der Waals surface area (Å²) in [7, 11) is -3.68. The Kier molecular flexibility index (Phi) is 5.26. The number of sulfone groups is 1. The van der Waals surface area contributed by atoms with E-state index < -0.39 is 15.2 Å². The molecule has 4 rings (SSSR count). The third-order valence-corrected chi connectivity index (χ3v) is 7.58. The molecule has 2 heterocycles. The number of carbonyl (C=O) groups excluding carboxylic acids is 1. The lowest BCUT2D eigenvalue weighted by atomic mass is 10.0. The Morgan fingerprint density at radius 3 is 2.27 bits per heavy atom. The highest BCUT2D eigenvalue weighted by Gasteiger charge is 2.32. The van der Waals surface area contributed by atoms with Crippen molar-refractivity contribution in [3.05, 3.63) is 95.9 Å². The molecule has 0 spiro atoms. The fourth-order valence-electron chi connectivity index (χ4n) is 4.01. The van der Waals surface area contributed by atoms with E-state index in [-0.39, 0.29) is 10.7 Å². The van der Waals surface area contributed by atoms with E-state index in [0.29, 0.717) is 23.2 Å². The van der Waals surface area contributed by atoms with Crippen molar-refractivity contribution in [3.63, 3.8) is 0 Å². The molecule has 0 bridgehead atoms. The number of aromatic nitrogens is 2. The van der Waals surface area contributed by atoms with E-state index in [1.807, 2.05) is 56.3 Å². The van der Waals surface area contributed by atoms with Gasteiger partial charge in [-0.2, -0.15) is 0 Å². The Bertz CT molecular complexity index is 1310. The summed E-state index contributed by atoms with van der Waals surface area (Å²) >= 11 is 0. The second-order valence-electron chi connectivity index (χ2n) is 7.13. The predicted octanol–water partition coefficient (Wildman–Crippen LogP) is 4.96. The van der Waals surface area contributed by atoms with Crippen LogP contribution in [0.1, 0.15) is 40.3 Å². The van der Waals surface area contributed by atoms with E-state index in [2.05, 4.69) is 4.98 Å². The average molecular weight is 419 g/mol. The fraction of sp³-hybridized carbons (Fsp3) is 0.167. The maximum absolute atomic E-state index is 13.5. The van der Waals surface area contributed by atoms with Gasteiger partial charge in [0.2, 0.25) is 0 Å². The van der Waals surface area contributed by atoms with Gasteiger partial charge in [0.15, 0.2) is 15.6 Å². The summed E-state index contributed by atoms with van der Waals surface area (Å²) in [6, 6.07) is 19.6. The number of rotatable bonds is 6. The van der Waals surface area contributed by atoms with Crippen LogP contribution in [0.3, 0.4) is 0 Å². The molecule has 30 heavy (non-hydrogen) atoms. The third kappa shape index (κ3) is 3.23. The van der Waals surface area contributed by atoms with Crippen molar-refractivity contribution >= 4 is 26.5 Å². The maximum atomic E-state index is 13.5. The molecular formula is C24H22N2O3S. The Hall–Kier alpha value is -3.25. The molecule has 2 aromatic carbocycles. The standard InChI is InChI=1S/C24H22N2O3S/c1-3-22(30(28,29)19-13-15-25-16-14-19)26-17(2)23(20-11-7-8-12-21(20)26)24(27)18-9-5-4-6-10-18/h4-16,22H,3H2,1-2H3. The molecule has 152 valence electrons. The van der Waals surface area contributed by atoms with Crippen molar-refractivity contribution in [2.45, 2.75) is 30.5 Å². The zero-order chi connectivity index (χ0) is 21.3. The van der Waals surface area contributed by atoms with Gasteiger partial charge >= 0.3 is 0 Å². The molecule has 6 heteroatoms. The zero-order valence-corrected chi connectivity index (χ0v) is 17.6. The summed E-state index contributed by atoms with van der Waals surface area (Å²) in [6.07, 6.45) is 3.32. The van der Waals surface area contributed by atoms with E-state index >= 15 is 0 Å². The highest BCUT2D eigenvalue weighted by Crippen LogP contribution is 2.36. The second-order valence-corrected chi connectivity index (χ2v) is 9.24. The molecule has 0 radical (unpaired) electrons. The van der Waals surface area contributed by atoms with Crippen LogP contribution >= 0.6 is 0 Å². The average Bonchev–Trinajstić information content (AvgIpc) is 3.07. The van der Waals surface area contributed by atoms with Gasteiger partial charge in [-0.3, -0.25) is 9.78 Å². The van der Waals surface area contributed by atoms with Gasteiger partial charge in [0, 0.05) is 29.0 Å². The first-order valence-electron chi connectivity index (χ1n) is 9.80. The number of carbonyl (C=O) groups is 1. The van der Waals surface area contributed by atoms with Gasteiger partial charge in [0.25, 0.3) is 0 Å². The lowest BCUT2D eigenvalue weighted by molar-refractivity contribution is 0.103. The fourth-order valence-corrected chi connectivity index (χ4v) is 5.81. The number of pyridine rings is 1. The lowest BCUT2D eigenvalue weighted by Gasteiger charge is -2.21. The summed E-state index contributed by atoms with van der Waals surface area (Å²) < 4.78 is 28.7. The number of ketones is 1. The van der Waals surface area contributed by atoms with Gasteiger partial charge in [0.05, 0.1) is 16.0 Å². The molecule has 0 amide bonds. The van der Waals surface area contributed by atoms with Crippen molar-refractivity contribution in [2.24, 2.45) is 0 Å². The molecule has 0 N–H and O–H groups in total. The van der Waals surface area contributed by atoms with Gasteiger partial charge in [-0.05, 0) is 31.5 Å². The first kappa shape index (κ1) is 20.0. The normalized spacial score (nSPS) is 12.7. The molecule has 1 unspecified atom stereocenters. The van der Waals surface area contributed by atoms with Crippen LogP contribution in [0.5, 0.6) is 0 Å². The minimum atomic E-state index is -3.68. The maximum Gasteiger partial charge on any atom is 0.199 e. The molecule has 0 aliphatic heterocycles. The Balaban J connectivity index is 1.96. The summed E-state index contributed by atoms with van der Waals surface area (Å²) in [5, 5.41) is -0.0747. The number of para-hydroxylation sites is 1. The molecular weight excluding hydrogens is 396 g/mol. The molecule has 0 saturated carbocycles. The van der Waals surface area contributed by atoms with E-state index in [1.54, 1.807) is 16.7 Å². The topological polar surface area (TPSA) is 69.0 Å². The molecule has 4 aromatic rings. The highest BCUT2D eigenvalue weighted by molar-refractivity contribution is 7.91. The first-order valence-corrected chi connectivity index (χ1v) is 11.3. The summed E-state index contributed by atoms with van der Waals surface area (Å²) in [5.74, 6) is -0.112. The van der Waals surface area contributed by atoms with E-state index in [9.17, 15) is 13.2 Å². The largest absolute Gasteiger partial charge is 0.326 e. The van der Waals surface area contributed by atoms with Gasteiger partial charge < -0.3 is 4.57 Å². The summed E-state index contributed by atoms with van der Waals surface area (Å²) in [5.41, 5.74) is 2.50. The predicted molar refractivity (Wildman–Crippen MR) is 117 cm³/mol.